The van der Waals surface area contributed by atoms with Crippen molar-refractivity contribution < 1.29 is 9.59 Å². The molecular formula is C31H40N6O2. The first-order valence-corrected chi connectivity index (χ1v) is 13.5. The van der Waals surface area contributed by atoms with Gasteiger partial charge in [-0.15, -0.1) is 0 Å². The fourth-order valence-corrected chi connectivity index (χ4v) is 4.88. The van der Waals surface area contributed by atoms with Crippen LogP contribution in [0.2, 0.25) is 0 Å². The number of aromatic amines is 1. The highest BCUT2D eigenvalue weighted by molar-refractivity contribution is 6.05. The number of rotatable bonds is 9. The van der Waals surface area contributed by atoms with E-state index in [0.717, 1.165) is 72.6 Å². The summed E-state index contributed by atoms with van der Waals surface area (Å²) in [6.45, 7) is 10.7. The highest BCUT2D eigenvalue weighted by Gasteiger charge is 2.26. The average Bonchev–Trinajstić information content (AvgIpc) is 3.37. The van der Waals surface area contributed by atoms with E-state index in [2.05, 4.69) is 39.9 Å². The maximum atomic E-state index is 13.1. The quantitative estimate of drug-likeness (QED) is 0.322. The zero-order valence-electron chi connectivity index (χ0n) is 23.7. The molecule has 3 heterocycles. The molecule has 0 radical (unpaired) electrons. The maximum absolute atomic E-state index is 13.1. The van der Waals surface area contributed by atoms with Crippen molar-refractivity contribution in [1.29, 1.82) is 0 Å². The SMILES string of the molecule is CC(=O)c1ccccc1-c1c[nH]c2ncc(/C(C)=C/C=C(/N)C(C)C(=O)N3CCN(CCN(C)C)CC3)cc12. The van der Waals surface area contributed by atoms with Crippen molar-refractivity contribution in [3.05, 3.63) is 71.7 Å². The molecule has 0 spiro atoms. The number of ketones is 1. The number of nitrogens with two attached hydrogens (primary N) is 1. The Morgan fingerprint density at radius 2 is 1.82 bits per heavy atom. The second kappa shape index (κ2) is 12.4. The number of hydrogen-bond donors (Lipinski definition) is 2. The fourth-order valence-electron chi connectivity index (χ4n) is 4.88. The van der Waals surface area contributed by atoms with Gasteiger partial charge in [-0.3, -0.25) is 14.5 Å². The molecular weight excluding hydrogens is 488 g/mol. The Morgan fingerprint density at radius 3 is 2.51 bits per heavy atom. The molecule has 1 aliphatic rings. The first-order valence-electron chi connectivity index (χ1n) is 13.5. The molecule has 8 heteroatoms. The summed E-state index contributed by atoms with van der Waals surface area (Å²) in [5.41, 5.74) is 12.1. The van der Waals surface area contributed by atoms with Crippen LogP contribution in [0.1, 0.15) is 36.7 Å². The Kier molecular flexibility index (Phi) is 8.99. The van der Waals surface area contributed by atoms with Crippen LogP contribution in [0, 0.1) is 5.92 Å². The molecule has 3 aromatic rings. The minimum Gasteiger partial charge on any atom is -0.401 e. The van der Waals surface area contributed by atoms with E-state index in [9.17, 15) is 9.59 Å². The number of hydrogen-bond acceptors (Lipinski definition) is 6. The number of piperazine rings is 1. The van der Waals surface area contributed by atoms with Gasteiger partial charge in [0.05, 0.1) is 5.92 Å². The number of pyridine rings is 1. The van der Waals surface area contributed by atoms with Gasteiger partial charge in [-0.25, -0.2) is 4.98 Å². The van der Waals surface area contributed by atoms with Crippen LogP contribution < -0.4 is 5.73 Å². The molecule has 0 aliphatic carbocycles. The van der Waals surface area contributed by atoms with Gasteiger partial charge in [0.15, 0.2) is 5.78 Å². The molecule has 0 bridgehead atoms. The monoisotopic (exact) mass is 528 g/mol. The Balaban J connectivity index is 1.47. The van der Waals surface area contributed by atoms with Gasteiger partial charge in [-0.1, -0.05) is 30.3 Å². The third-order valence-electron chi connectivity index (χ3n) is 7.53. The lowest BCUT2D eigenvalue weighted by Crippen LogP contribution is -2.51. The van der Waals surface area contributed by atoms with Crippen molar-refractivity contribution >= 4 is 28.3 Å². The maximum Gasteiger partial charge on any atom is 0.231 e. The van der Waals surface area contributed by atoms with Gasteiger partial charge in [0.25, 0.3) is 0 Å². The van der Waals surface area contributed by atoms with E-state index in [1.807, 2.05) is 67.6 Å². The number of nitrogens with one attached hydrogen (secondary N) is 1. The Bertz CT molecular complexity index is 1400. The number of fused-ring (bicyclic) bond motifs is 1. The van der Waals surface area contributed by atoms with E-state index in [4.69, 9.17) is 5.73 Å². The Morgan fingerprint density at radius 1 is 1.10 bits per heavy atom. The summed E-state index contributed by atoms with van der Waals surface area (Å²) in [5.74, 6) is -0.288. The molecule has 4 rings (SSSR count). The lowest BCUT2D eigenvalue weighted by molar-refractivity contribution is -0.135. The number of benzene rings is 1. The molecule has 1 unspecified atom stereocenters. The number of nitrogens with zero attached hydrogens (tertiary/aromatic N) is 4. The minimum absolute atomic E-state index is 0.0237. The van der Waals surface area contributed by atoms with Gasteiger partial charge in [0.2, 0.25) is 5.91 Å². The predicted octanol–water partition coefficient (Wildman–Crippen LogP) is 4.02. The highest BCUT2D eigenvalue weighted by Crippen LogP contribution is 2.32. The second-order valence-corrected chi connectivity index (χ2v) is 10.6. The van der Waals surface area contributed by atoms with Crippen molar-refractivity contribution in [2.75, 3.05) is 53.4 Å². The summed E-state index contributed by atoms with van der Waals surface area (Å²) in [6, 6.07) is 9.69. The highest BCUT2D eigenvalue weighted by atomic mass is 16.2. The smallest absolute Gasteiger partial charge is 0.231 e. The molecule has 8 nitrogen and oxygen atoms in total. The summed E-state index contributed by atoms with van der Waals surface area (Å²) in [4.78, 5) is 39.7. The normalized spacial score (nSPS) is 16.2. The van der Waals surface area contributed by atoms with E-state index in [-0.39, 0.29) is 17.6 Å². The van der Waals surface area contributed by atoms with Crippen LogP contribution in [0.4, 0.5) is 0 Å². The van der Waals surface area contributed by atoms with Crippen molar-refractivity contribution in [1.82, 2.24) is 24.7 Å². The summed E-state index contributed by atoms with van der Waals surface area (Å²) in [7, 11) is 4.16. The molecule has 1 aliphatic heterocycles. The average molecular weight is 529 g/mol. The van der Waals surface area contributed by atoms with Crippen molar-refractivity contribution in [3.8, 4) is 11.1 Å². The van der Waals surface area contributed by atoms with E-state index in [1.54, 1.807) is 6.92 Å². The number of carbonyl (C=O) groups is 2. The molecule has 0 saturated carbocycles. The van der Waals surface area contributed by atoms with E-state index in [1.165, 1.54) is 0 Å². The fraction of sp³-hybridized carbons (Fsp3) is 0.387. The molecule has 2 aromatic heterocycles. The van der Waals surface area contributed by atoms with E-state index >= 15 is 0 Å². The van der Waals surface area contributed by atoms with Gasteiger partial charge < -0.3 is 20.5 Å². The van der Waals surface area contributed by atoms with Gasteiger partial charge >= 0.3 is 0 Å². The number of carbonyl (C=O) groups excluding carboxylic acids is 2. The lowest BCUT2D eigenvalue weighted by Gasteiger charge is -2.36. The summed E-state index contributed by atoms with van der Waals surface area (Å²) in [6.07, 6.45) is 7.49. The van der Waals surface area contributed by atoms with Crippen molar-refractivity contribution in [2.45, 2.75) is 20.8 Å². The number of Topliss-reactive ketones (excluding diaryl/α,β-unsaturated/α-hetero) is 1. The molecule has 1 aromatic carbocycles. The second-order valence-electron chi connectivity index (χ2n) is 10.6. The van der Waals surface area contributed by atoms with Crippen LogP contribution in [0.15, 0.2) is 60.6 Å². The van der Waals surface area contributed by atoms with Gasteiger partial charge in [0, 0.05) is 73.9 Å². The summed E-state index contributed by atoms with van der Waals surface area (Å²) in [5, 5.41) is 0.944. The predicted molar refractivity (Wildman–Crippen MR) is 158 cm³/mol. The van der Waals surface area contributed by atoms with Gasteiger partial charge in [-0.2, -0.15) is 0 Å². The Hall–Kier alpha value is -3.75. The largest absolute Gasteiger partial charge is 0.401 e. The van der Waals surface area contributed by atoms with Crippen LogP contribution in [-0.2, 0) is 4.79 Å². The third kappa shape index (κ3) is 6.64. The molecule has 1 amide bonds. The zero-order valence-corrected chi connectivity index (χ0v) is 23.7. The van der Waals surface area contributed by atoms with Crippen LogP contribution in [0.5, 0.6) is 0 Å². The third-order valence-corrected chi connectivity index (χ3v) is 7.53. The number of aromatic nitrogens is 2. The van der Waals surface area contributed by atoms with E-state index in [0.29, 0.717) is 11.3 Å². The molecule has 3 N–H and O–H groups in total. The van der Waals surface area contributed by atoms with Gasteiger partial charge in [0.1, 0.15) is 5.65 Å². The van der Waals surface area contributed by atoms with Crippen LogP contribution in [-0.4, -0.2) is 89.7 Å². The molecule has 1 atom stereocenters. The number of H-pyrrole nitrogens is 1. The molecule has 39 heavy (non-hydrogen) atoms. The van der Waals surface area contributed by atoms with Crippen LogP contribution in [0.3, 0.4) is 0 Å². The minimum atomic E-state index is -0.387. The number of likely N-dealkylation sites (N-methyl/N-ethyl adjacent to an activating group) is 1. The van der Waals surface area contributed by atoms with Crippen LogP contribution in [0.25, 0.3) is 27.7 Å². The first kappa shape index (κ1) is 28.3. The molecule has 1 fully saturated rings. The number of amides is 1. The van der Waals surface area contributed by atoms with Crippen molar-refractivity contribution in [2.24, 2.45) is 11.7 Å². The zero-order chi connectivity index (χ0) is 28.1. The first-order chi connectivity index (χ1) is 18.7. The lowest BCUT2D eigenvalue weighted by atomic mass is 9.96. The summed E-state index contributed by atoms with van der Waals surface area (Å²) >= 11 is 0. The number of allylic oxidation sites excluding steroid dienone is 3. The molecule has 206 valence electrons. The molecule has 1 saturated heterocycles. The van der Waals surface area contributed by atoms with E-state index < -0.39 is 0 Å². The summed E-state index contributed by atoms with van der Waals surface area (Å²) < 4.78 is 0. The van der Waals surface area contributed by atoms with Gasteiger partial charge in [-0.05, 0) is 63.7 Å². The standard InChI is InChI=1S/C31H40N6O2/c1-21(10-11-29(32)22(2)31(39)37-16-14-36(15-17-37)13-12-35(4)5)24-18-27-28(20-34-30(27)33-19-24)26-9-7-6-8-25(26)23(3)38/h6-11,18-20,22H,12-17,32H2,1-5H3,(H,33,34)/b21-10+,29-11+. The van der Waals surface area contributed by atoms with Crippen molar-refractivity contribution in [3.63, 3.8) is 0 Å². The van der Waals surface area contributed by atoms with Crippen LogP contribution >= 0.6 is 0 Å². The topological polar surface area (TPSA) is 98.6 Å². The Labute approximate surface area is 231 Å².